The molecule has 0 aliphatic carbocycles. The molecule has 26 heavy (non-hydrogen) atoms. The maximum atomic E-state index is 6.14. The van der Waals surface area contributed by atoms with Crippen LogP contribution in [0.15, 0.2) is 36.9 Å². The van der Waals surface area contributed by atoms with Gasteiger partial charge in [-0.1, -0.05) is 31.3 Å². The summed E-state index contributed by atoms with van der Waals surface area (Å²) in [5.74, 6) is 0.492. The molecule has 3 aromatic rings. The zero-order chi connectivity index (χ0) is 18.9. The van der Waals surface area contributed by atoms with Crippen LogP contribution in [-0.4, -0.2) is 39.4 Å². The Bertz CT molecular complexity index is 943. The maximum absolute atomic E-state index is 6.14. The maximum Gasteiger partial charge on any atom is 0.243 e. The van der Waals surface area contributed by atoms with E-state index in [9.17, 15) is 0 Å². The van der Waals surface area contributed by atoms with Gasteiger partial charge in [-0.25, -0.2) is 9.97 Å². The predicted octanol–water partition coefficient (Wildman–Crippen LogP) is 3.21. The third kappa shape index (κ3) is 3.82. The fourth-order valence-corrected chi connectivity index (χ4v) is 3.50. The van der Waals surface area contributed by atoms with Gasteiger partial charge < -0.3 is 4.74 Å². The van der Waals surface area contributed by atoms with Gasteiger partial charge >= 0.3 is 0 Å². The molecule has 0 amide bonds. The molecule has 0 spiro atoms. The van der Waals surface area contributed by atoms with Gasteiger partial charge in [-0.15, -0.1) is 6.58 Å². The van der Waals surface area contributed by atoms with Crippen molar-refractivity contribution in [3.05, 3.63) is 36.9 Å². The van der Waals surface area contributed by atoms with E-state index < -0.39 is 14.4 Å². The molecule has 0 aliphatic heterocycles. The number of nitrogens with zero attached hydrogens (tertiary/aromatic N) is 5. The van der Waals surface area contributed by atoms with Crippen molar-refractivity contribution in [3.63, 3.8) is 0 Å². The molecule has 0 saturated heterocycles. The molecule has 0 atom stereocenters. The van der Waals surface area contributed by atoms with Crippen LogP contribution in [0.2, 0.25) is 13.1 Å². The van der Waals surface area contributed by atoms with Crippen molar-refractivity contribution >= 4 is 25.1 Å². The van der Waals surface area contributed by atoms with E-state index in [1.165, 1.54) is 0 Å². The minimum Gasteiger partial charge on any atom is -0.470 e. The molecule has 0 aliphatic rings. The van der Waals surface area contributed by atoms with Gasteiger partial charge in [-0.05, 0) is 32.9 Å². The van der Waals surface area contributed by atoms with Gasteiger partial charge in [-0.2, -0.15) is 15.0 Å². The summed E-state index contributed by atoms with van der Waals surface area (Å²) in [5.41, 5.74) is 2.62. The van der Waals surface area contributed by atoms with Crippen molar-refractivity contribution < 1.29 is 4.74 Å². The van der Waals surface area contributed by atoms with Gasteiger partial charge in [-0.3, -0.25) is 0 Å². The Morgan fingerprint density at radius 1 is 1.08 bits per heavy atom. The van der Waals surface area contributed by atoms with E-state index in [0.717, 1.165) is 22.0 Å². The lowest BCUT2D eigenvalue weighted by atomic mass is 10.2. The van der Waals surface area contributed by atoms with Crippen LogP contribution in [0.1, 0.15) is 20.8 Å². The minimum absolute atomic E-state index is 0.393. The Labute approximate surface area is 155 Å². The molecular weight excluding hydrogens is 342 g/mol. The summed E-state index contributed by atoms with van der Waals surface area (Å²) >= 11 is 0. The number of benzene rings is 1. The van der Waals surface area contributed by atoms with Crippen molar-refractivity contribution in [2.75, 3.05) is 0 Å². The highest BCUT2D eigenvalue weighted by Crippen LogP contribution is 2.29. The van der Waals surface area contributed by atoms with Crippen LogP contribution >= 0.6 is 0 Å². The number of fused-ring (bicyclic) bond motifs is 1. The third-order valence-electron chi connectivity index (χ3n) is 3.59. The highest BCUT2D eigenvalue weighted by atomic mass is 28.3. The largest absolute Gasteiger partial charge is 0.470 e. The first kappa shape index (κ1) is 18.3. The van der Waals surface area contributed by atoms with Crippen molar-refractivity contribution in [1.82, 2.24) is 25.0 Å². The smallest absolute Gasteiger partial charge is 0.243 e. The Balaban J connectivity index is 2.25. The lowest BCUT2D eigenvalue weighted by Crippen LogP contribution is -2.28. The molecule has 0 bridgehead atoms. The third-order valence-corrected chi connectivity index (χ3v) is 4.87. The van der Waals surface area contributed by atoms with E-state index in [4.69, 9.17) is 14.7 Å². The average molecular weight is 367 g/mol. The van der Waals surface area contributed by atoms with Crippen molar-refractivity contribution in [2.45, 2.75) is 46.0 Å². The normalized spacial score (nSPS) is 11.9. The Hall–Kier alpha value is -2.54. The van der Waals surface area contributed by atoms with Crippen LogP contribution in [0.25, 0.3) is 22.4 Å². The van der Waals surface area contributed by atoms with E-state index in [1.807, 2.05) is 45.0 Å². The summed E-state index contributed by atoms with van der Waals surface area (Å²) in [6.07, 6.45) is 1.78. The topological polar surface area (TPSA) is 65.7 Å². The van der Waals surface area contributed by atoms with Gasteiger partial charge in [0.05, 0.1) is 22.9 Å². The average Bonchev–Trinajstić information content (AvgIpc) is 2.97. The first-order valence-electron chi connectivity index (χ1n) is 8.61. The van der Waals surface area contributed by atoms with E-state index in [1.54, 1.807) is 10.9 Å². The molecule has 2 aromatic heterocycles. The summed E-state index contributed by atoms with van der Waals surface area (Å²) < 4.78 is 6.14. The second kappa shape index (κ2) is 6.99. The van der Waals surface area contributed by atoms with E-state index >= 15 is 0 Å². The fraction of sp³-hybridized carbons (Fsp3) is 0.368. The summed E-state index contributed by atoms with van der Waals surface area (Å²) in [6.45, 7) is 14.7. The summed E-state index contributed by atoms with van der Waals surface area (Å²) in [5, 5.41) is 10.3. The molecule has 0 fully saturated rings. The molecule has 7 heteroatoms. The van der Waals surface area contributed by atoms with E-state index in [0.29, 0.717) is 18.1 Å². The van der Waals surface area contributed by atoms with Crippen LogP contribution in [0.4, 0.5) is 0 Å². The highest BCUT2D eigenvalue weighted by Gasteiger charge is 2.25. The van der Waals surface area contributed by atoms with Gasteiger partial charge in [0.2, 0.25) is 5.88 Å². The van der Waals surface area contributed by atoms with Gasteiger partial charge in [0.15, 0.2) is 5.69 Å². The summed E-state index contributed by atoms with van der Waals surface area (Å²) in [4.78, 5) is 11.2. The molecule has 0 saturated carbocycles. The van der Waals surface area contributed by atoms with Crippen LogP contribution in [0.5, 0.6) is 5.88 Å². The monoisotopic (exact) mass is 366 g/mol. The second-order valence-corrected chi connectivity index (χ2v) is 9.79. The number of para-hydroxylation sites is 2. The van der Waals surface area contributed by atoms with E-state index in [-0.39, 0.29) is 0 Å². The quantitative estimate of drug-likeness (QED) is 0.512. The number of rotatable bonds is 5. The van der Waals surface area contributed by atoms with Crippen molar-refractivity contribution in [2.24, 2.45) is 0 Å². The fourth-order valence-electron chi connectivity index (χ4n) is 2.54. The molecule has 3 rings (SSSR count). The lowest BCUT2D eigenvalue weighted by molar-refractivity contribution is 0.125. The highest BCUT2D eigenvalue weighted by molar-refractivity contribution is 6.71. The molecule has 135 valence electrons. The number of ether oxygens (including phenoxy) is 1. The first-order chi connectivity index (χ1) is 12.3. The Morgan fingerprint density at radius 2 is 1.73 bits per heavy atom. The second-order valence-electron chi connectivity index (χ2n) is 7.32. The minimum atomic E-state index is -0.850. The Kier molecular flexibility index (Phi) is 4.91. The zero-order valence-corrected chi connectivity index (χ0v) is 16.9. The van der Waals surface area contributed by atoms with Gasteiger partial charge in [0.1, 0.15) is 20.1 Å². The van der Waals surface area contributed by atoms with Crippen molar-refractivity contribution in [3.8, 4) is 17.3 Å². The molecule has 1 aromatic carbocycles. The molecular formula is C19H24N5OSi. The van der Waals surface area contributed by atoms with Gasteiger partial charge in [0, 0.05) is 0 Å². The summed E-state index contributed by atoms with van der Waals surface area (Å²) in [6, 6.07) is 7.79. The lowest BCUT2D eigenvalue weighted by Gasteiger charge is -2.22. The zero-order valence-electron chi connectivity index (χ0n) is 15.9. The van der Waals surface area contributed by atoms with Crippen LogP contribution < -0.4 is 10.1 Å². The standard InChI is InChI=1S/C19H24N5OSi/c1-7-12-24-22-16(18(23-24)26(5)6)15-17(25-19(2,3)4)21-14-11-9-8-10-13(14)20-15/h7-11H,1,12H2,2-6H3. The van der Waals surface area contributed by atoms with Crippen LogP contribution in [0.3, 0.4) is 0 Å². The van der Waals surface area contributed by atoms with Crippen LogP contribution in [0, 0.1) is 0 Å². The number of aromatic nitrogens is 5. The van der Waals surface area contributed by atoms with Crippen molar-refractivity contribution in [1.29, 1.82) is 0 Å². The molecule has 6 nitrogen and oxygen atoms in total. The first-order valence-corrected chi connectivity index (χ1v) is 11.1. The number of hydrogen-bond acceptors (Lipinski definition) is 5. The SMILES string of the molecule is C=CCn1nc(-c2nc3ccccc3nc2OC(C)(C)C)c([Si](C)C)n1. The molecule has 2 heterocycles. The van der Waals surface area contributed by atoms with Crippen LogP contribution in [-0.2, 0) is 6.54 Å². The molecule has 0 N–H and O–H groups in total. The van der Waals surface area contributed by atoms with Gasteiger partial charge in [0.25, 0.3) is 0 Å². The predicted molar refractivity (Wildman–Crippen MR) is 106 cm³/mol. The molecule has 0 unspecified atom stereocenters. The summed E-state index contributed by atoms with van der Waals surface area (Å²) in [7, 11) is -0.850. The molecule has 1 radical (unpaired) electrons. The van der Waals surface area contributed by atoms with E-state index in [2.05, 4.69) is 29.9 Å². The Morgan fingerprint density at radius 3 is 2.31 bits per heavy atom. The number of allylic oxidation sites excluding steroid dienone is 1. The number of hydrogen-bond donors (Lipinski definition) is 0.